The summed E-state index contributed by atoms with van der Waals surface area (Å²) in [5, 5.41) is 8.99. The highest BCUT2D eigenvalue weighted by molar-refractivity contribution is 9.10. The molecule has 0 bridgehead atoms. The number of furan rings is 1. The molecule has 112 valence electrons. The van der Waals surface area contributed by atoms with Gasteiger partial charge in [0.25, 0.3) is 0 Å². The van der Waals surface area contributed by atoms with E-state index in [2.05, 4.69) is 20.7 Å². The molecule has 1 aromatic heterocycles. The molecule has 0 atom stereocenters. The van der Waals surface area contributed by atoms with Crippen molar-refractivity contribution in [1.29, 1.82) is 0 Å². The summed E-state index contributed by atoms with van der Waals surface area (Å²) in [7, 11) is -3.59. The third kappa shape index (κ3) is 3.10. The van der Waals surface area contributed by atoms with Crippen molar-refractivity contribution >= 4 is 26.0 Å². The minimum Gasteiger partial charge on any atom is -0.450 e. The highest BCUT2D eigenvalue weighted by Crippen LogP contribution is 2.49. The molecule has 0 aliphatic heterocycles. The molecule has 0 amide bonds. The summed E-state index contributed by atoms with van der Waals surface area (Å²) in [5.41, 5.74) is 0. The number of rotatable bonds is 7. The van der Waals surface area contributed by atoms with E-state index < -0.39 is 10.0 Å². The lowest BCUT2D eigenvalue weighted by Crippen LogP contribution is -2.31. The Morgan fingerprint density at radius 2 is 1.95 bits per heavy atom. The maximum Gasteiger partial charge on any atom is 0.244 e. The maximum atomic E-state index is 12.3. The average Bonchev–Trinajstić information content (AvgIpc) is 3.29. The predicted octanol–water partition coefficient (Wildman–Crippen LogP) is 2.25. The second-order valence-corrected chi connectivity index (χ2v) is 8.16. The second kappa shape index (κ2) is 5.44. The van der Waals surface area contributed by atoms with Crippen molar-refractivity contribution in [1.82, 2.24) is 4.72 Å². The first-order valence-corrected chi connectivity index (χ1v) is 9.17. The fourth-order valence-electron chi connectivity index (χ4n) is 2.71. The number of hydrogen-bond donors (Lipinski definition) is 2. The summed E-state index contributed by atoms with van der Waals surface area (Å²) in [6, 6.07) is 1.36. The predicted molar refractivity (Wildman–Crippen MR) is 76.5 cm³/mol. The highest BCUT2D eigenvalue weighted by Gasteiger charge is 2.41. The van der Waals surface area contributed by atoms with E-state index in [1.165, 1.54) is 31.7 Å². The van der Waals surface area contributed by atoms with Crippen molar-refractivity contribution in [3.63, 3.8) is 0 Å². The average molecular weight is 364 g/mol. The van der Waals surface area contributed by atoms with Gasteiger partial charge in [-0.15, -0.1) is 0 Å². The molecule has 0 saturated heterocycles. The Morgan fingerprint density at radius 3 is 2.40 bits per heavy atom. The first kappa shape index (κ1) is 14.6. The third-order valence-electron chi connectivity index (χ3n) is 4.12. The van der Waals surface area contributed by atoms with Gasteiger partial charge >= 0.3 is 0 Å². The van der Waals surface area contributed by atoms with Crippen molar-refractivity contribution in [2.75, 3.05) is 6.54 Å². The molecule has 7 heteroatoms. The molecule has 2 saturated carbocycles. The van der Waals surface area contributed by atoms with E-state index in [4.69, 9.17) is 9.52 Å². The molecule has 0 spiro atoms. The molecule has 3 rings (SSSR count). The summed E-state index contributed by atoms with van der Waals surface area (Å²) in [4.78, 5) is 0.0619. The number of aliphatic hydroxyl groups excluding tert-OH is 1. The normalized spacial score (nSPS) is 19.8. The molecular formula is C13H18BrNO4S. The van der Waals surface area contributed by atoms with E-state index in [1.807, 2.05) is 0 Å². The van der Waals surface area contributed by atoms with E-state index in [0.29, 0.717) is 24.3 Å². The van der Waals surface area contributed by atoms with Gasteiger partial charge in [-0.1, -0.05) is 0 Å². The van der Waals surface area contributed by atoms with Crippen LogP contribution in [0, 0.1) is 17.8 Å². The number of aliphatic hydroxyl groups is 1. The molecule has 0 unspecified atom stereocenters. The Morgan fingerprint density at radius 1 is 1.35 bits per heavy atom. The van der Waals surface area contributed by atoms with Crippen LogP contribution >= 0.6 is 15.9 Å². The molecule has 5 nitrogen and oxygen atoms in total. The molecule has 1 heterocycles. The van der Waals surface area contributed by atoms with Gasteiger partial charge in [-0.05, 0) is 59.4 Å². The van der Waals surface area contributed by atoms with Gasteiger partial charge in [-0.3, -0.25) is 0 Å². The maximum absolute atomic E-state index is 12.3. The zero-order valence-electron chi connectivity index (χ0n) is 11.0. The fourth-order valence-corrected chi connectivity index (χ4v) is 4.78. The van der Waals surface area contributed by atoms with Crippen LogP contribution in [0.2, 0.25) is 0 Å². The van der Waals surface area contributed by atoms with Gasteiger partial charge in [0.05, 0.1) is 0 Å². The minimum absolute atomic E-state index is 0.0619. The first-order valence-electron chi connectivity index (χ1n) is 6.90. The van der Waals surface area contributed by atoms with Gasteiger partial charge in [-0.2, -0.15) is 0 Å². The summed E-state index contributed by atoms with van der Waals surface area (Å²) in [6.45, 7) is 0.185. The Kier molecular flexibility index (Phi) is 3.96. The SMILES string of the molecule is O=S(=O)(NCC(C1CC1)C1CC1)c1cc(CO)oc1Br. The van der Waals surface area contributed by atoms with Crippen molar-refractivity contribution in [2.45, 2.75) is 37.2 Å². The first-order chi connectivity index (χ1) is 9.51. The third-order valence-corrected chi connectivity index (χ3v) is 6.40. The summed E-state index contributed by atoms with van der Waals surface area (Å²) in [6.07, 6.45) is 4.92. The molecule has 2 aliphatic carbocycles. The van der Waals surface area contributed by atoms with Gasteiger partial charge in [0.15, 0.2) is 4.67 Å². The van der Waals surface area contributed by atoms with E-state index in [-0.39, 0.29) is 21.9 Å². The quantitative estimate of drug-likeness (QED) is 0.778. The molecule has 20 heavy (non-hydrogen) atoms. The standard InChI is InChI=1S/C13H18BrNO4S/c14-13-12(5-10(7-16)19-13)20(17,18)15-6-11(8-1-2-8)9-3-4-9/h5,8-9,11,15-16H,1-4,6-7H2. The lowest BCUT2D eigenvalue weighted by atomic mass is 9.99. The van der Waals surface area contributed by atoms with Crippen molar-refractivity contribution in [3.05, 3.63) is 16.5 Å². The van der Waals surface area contributed by atoms with Crippen LogP contribution in [0.25, 0.3) is 0 Å². The van der Waals surface area contributed by atoms with E-state index in [9.17, 15) is 8.42 Å². The van der Waals surface area contributed by atoms with Crippen LogP contribution in [-0.2, 0) is 16.6 Å². The molecule has 0 radical (unpaired) electrons. The van der Waals surface area contributed by atoms with Crippen molar-refractivity contribution in [3.8, 4) is 0 Å². The Labute approximate surface area is 126 Å². The summed E-state index contributed by atoms with van der Waals surface area (Å²) < 4.78 is 32.5. The van der Waals surface area contributed by atoms with Gasteiger partial charge in [0.2, 0.25) is 10.0 Å². The topological polar surface area (TPSA) is 79.5 Å². The largest absolute Gasteiger partial charge is 0.450 e. The van der Waals surface area contributed by atoms with Gasteiger partial charge in [0, 0.05) is 12.6 Å². The van der Waals surface area contributed by atoms with Crippen LogP contribution in [-0.4, -0.2) is 20.1 Å². The van der Waals surface area contributed by atoms with Gasteiger partial charge < -0.3 is 9.52 Å². The van der Waals surface area contributed by atoms with E-state index >= 15 is 0 Å². The fraction of sp³-hybridized carbons (Fsp3) is 0.692. The molecule has 1 aromatic rings. The van der Waals surface area contributed by atoms with E-state index in [1.54, 1.807) is 0 Å². The van der Waals surface area contributed by atoms with Crippen LogP contribution < -0.4 is 4.72 Å². The summed E-state index contributed by atoms with van der Waals surface area (Å²) >= 11 is 3.09. The van der Waals surface area contributed by atoms with E-state index in [0.717, 1.165) is 0 Å². The zero-order valence-corrected chi connectivity index (χ0v) is 13.4. The monoisotopic (exact) mass is 363 g/mol. The summed E-state index contributed by atoms with van der Waals surface area (Å²) in [5.74, 6) is 2.11. The van der Waals surface area contributed by atoms with Crippen molar-refractivity contribution < 1.29 is 17.9 Å². The number of halogens is 1. The van der Waals surface area contributed by atoms with Gasteiger partial charge in [0.1, 0.15) is 17.3 Å². The van der Waals surface area contributed by atoms with Crippen LogP contribution in [0.5, 0.6) is 0 Å². The Balaban J connectivity index is 1.69. The molecule has 2 fully saturated rings. The Bertz CT molecular complexity index is 578. The number of sulfonamides is 1. The minimum atomic E-state index is -3.59. The van der Waals surface area contributed by atoms with Gasteiger partial charge in [-0.25, -0.2) is 13.1 Å². The zero-order chi connectivity index (χ0) is 14.3. The van der Waals surface area contributed by atoms with Crippen LogP contribution in [0.3, 0.4) is 0 Å². The lowest BCUT2D eigenvalue weighted by molar-refractivity contribution is 0.245. The second-order valence-electron chi connectivity index (χ2n) is 5.70. The molecule has 2 aliphatic rings. The molecular weight excluding hydrogens is 346 g/mol. The molecule has 0 aromatic carbocycles. The number of hydrogen-bond acceptors (Lipinski definition) is 4. The lowest BCUT2D eigenvalue weighted by Gasteiger charge is -2.15. The smallest absolute Gasteiger partial charge is 0.244 e. The van der Waals surface area contributed by atoms with Crippen molar-refractivity contribution in [2.24, 2.45) is 17.8 Å². The molecule has 2 N–H and O–H groups in total. The highest BCUT2D eigenvalue weighted by atomic mass is 79.9. The van der Waals surface area contributed by atoms with Crippen LogP contribution in [0.4, 0.5) is 0 Å². The number of nitrogens with one attached hydrogen (secondary N) is 1. The van der Waals surface area contributed by atoms with Crippen LogP contribution in [0.15, 0.2) is 20.0 Å². The van der Waals surface area contributed by atoms with Crippen LogP contribution in [0.1, 0.15) is 31.4 Å². The Hall–Kier alpha value is -0.370.